The predicted octanol–water partition coefficient (Wildman–Crippen LogP) is 2.75. The van der Waals surface area contributed by atoms with Gasteiger partial charge in [-0.15, -0.1) is 0 Å². The van der Waals surface area contributed by atoms with Crippen LogP contribution in [0.3, 0.4) is 0 Å². The van der Waals surface area contributed by atoms with Crippen molar-refractivity contribution in [1.82, 2.24) is 10.9 Å². The summed E-state index contributed by atoms with van der Waals surface area (Å²) in [5.74, 6) is 0. The topological polar surface area (TPSA) is 59.6 Å². The lowest BCUT2D eigenvalue weighted by Gasteiger charge is -2.53. The van der Waals surface area contributed by atoms with E-state index < -0.39 is 11.7 Å². The average Bonchev–Trinajstić information content (AvgIpc) is 2.82. The van der Waals surface area contributed by atoms with Crippen LogP contribution in [0.1, 0.15) is 59.8 Å². The number of carbonyl (C=O) groups is 1. The highest BCUT2D eigenvalue weighted by Gasteiger charge is 2.56. The Kier molecular flexibility index (Phi) is 4.59. The molecule has 2 fully saturated rings. The molecule has 2 unspecified atom stereocenters. The van der Waals surface area contributed by atoms with Gasteiger partial charge in [-0.3, -0.25) is 5.43 Å². The molecule has 0 saturated heterocycles. The Labute approximate surface area is 121 Å². The van der Waals surface area contributed by atoms with Gasteiger partial charge in [-0.2, -0.15) is 0 Å². The molecule has 0 aromatic rings. The van der Waals surface area contributed by atoms with E-state index in [0.29, 0.717) is 12.1 Å². The minimum absolute atomic E-state index is 0.213. The molecule has 2 rings (SSSR count). The largest absolute Gasteiger partial charge is 0.443 e. The maximum atomic E-state index is 11.7. The van der Waals surface area contributed by atoms with Crippen LogP contribution < -0.4 is 10.9 Å². The van der Waals surface area contributed by atoms with Gasteiger partial charge in [0.25, 0.3) is 0 Å². The highest BCUT2D eigenvalue weighted by molar-refractivity contribution is 5.67. The molecule has 5 heteroatoms. The zero-order valence-electron chi connectivity index (χ0n) is 13.1. The smallest absolute Gasteiger partial charge is 0.422 e. The molecule has 0 bridgehead atoms. The van der Waals surface area contributed by atoms with Gasteiger partial charge in [-0.25, -0.2) is 10.2 Å². The fourth-order valence-corrected chi connectivity index (χ4v) is 3.54. The van der Waals surface area contributed by atoms with Crippen LogP contribution in [0.4, 0.5) is 4.79 Å². The standard InChI is InChI=1S/C15H28N2O3/c1-5-19-12-10-11(15(12)8-6-7-9-15)16-17-13(18)20-14(2,3)4/h11-12,16H,5-10H2,1-4H3,(H,17,18). The molecule has 20 heavy (non-hydrogen) atoms. The Bertz CT molecular complexity index is 346. The van der Waals surface area contributed by atoms with E-state index in [0.717, 1.165) is 13.0 Å². The van der Waals surface area contributed by atoms with Crippen molar-refractivity contribution in [3.63, 3.8) is 0 Å². The summed E-state index contributed by atoms with van der Waals surface area (Å²) < 4.78 is 11.1. The molecule has 0 aromatic heterocycles. The van der Waals surface area contributed by atoms with Crippen molar-refractivity contribution >= 4 is 6.09 Å². The van der Waals surface area contributed by atoms with E-state index in [1.54, 1.807) is 0 Å². The molecule has 0 radical (unpaired) electrons. The lowest BCUT2D eigenvalue weighted by molar-refractivity contribution is -0.133. The van der Waals surface area contributed by atoms with Gasteiger partial charge in [-0.1, -0.05) is 12.8 Å². The number of ether oxygens (including phenoxy) is 2. The molecule has 2 saturated carbocycles. The van der Waals surface area contributed by atoms with E-state index in [2.05, 4.69) is 10.9 Å². The van der Waals surface area contributed by atoms with Crippen LogP contribution in [0, 0.1) is 5.41 Å². The van der Waals surface area contributed by atoms with E-state index in [-0.39, 0.29) is 5.41 Å². The fourth-order valence-electron chi connectivity index (χ4n) is 3.54. The monoisotopic (exact) mass is 284 g/mol. The van der Waals surface area contributed by atoms with Crippen LogP contribution in [0.5, 0.6) is 0 Å². The van der Waals surface area contributed by atoms with E-state index in [1.165, 1.54) is 25.7 Å². The Morgan fingerprint density at radius 3 is 2.50 bits per heavy atom. The van der Waals surface area contributed by atoms with Gasteiger partial charge in [0.1, 0.15) is 5.60 Å². The van der Waals surface area contributed by atoms with Crippen molar-refractivity contribution in [1.29, 1.82) is 0 Å². The van der Waals surface area contributed by atoms with Crippen LogP contribution in [0.15, 0.2) is 0 Å². The molecule has 2 aliphatic carbocycles. The normalized spacial score (nSPS) is 28.2. The quantitative estimate of drug-likeness (QED) is 0.779. The SMILES string of the molecule is CCOC1CC(NNC(=O)OC(C)(C)C)C12CCCC2. The molecular weight excluding hydrogens is 256 g/mol. The minimum atomic E-state index is -0.468. The number of hydrogen-bond donors (Lipinski definition) is 2. The van der Waals surface area contributed by atoms with Crippen molar-refractivity contribution in [3.8, 4) is 0 Å². The summed E-state index contributed by atoms with van der Waals surface area (Å²) in [4.78, 5) is 11.7. The summed E-state index contributed by atoms with van der Waals surface area (Å²) in [5, 5.41) is 0. The molecule has 5 nitrogen and oxygen atoms in total. The molecule has 116 valence electrons. The van der Waals surface area contributed by atoms with Crippen molar-refractivity contribution < 1.29 is 14.3 Å². The molecule has 2 aliphatic rings. The second kappa shape index (κ2) is 5.90. The first-order valence-electron chi connectivity index (χ1n) is 7.73. The fraction of sp³-hybridized carbons (Fsp3) is 0.933. The van der Waals surface area contributed by atoms with Gasteiger partial charge in [0.15, 0.2) is 0 Å². The van der Waals surface area contributed by atoms with Gasteiger partial charge in [0.2, 0.25) is 0 Å². The van der Waals surface area contributed by atoms with Crippen molar-refractivity contribution in [3.05, 3.63) is 0 Å². The molecule has 1 amide bonds. The predicted molar refractivity (Wildman–Crippen MR) is 77.2 cm³/mol. The summed E-state index contributed by atoms with van der Waals surface area (Å²) in [5.41, 5.74) is 5.59. The van der Waals surface area contributed by atoms with Gasteiger partial charge in [0.05, 0.1) is 6.10 Å². The molecule has 0 aromatic carbocycles. The Balaban J connectivity index is 1.83. The van der Waals surface area contributed by atoms with Gasteiger partial charge in [-0.05, 0) is 47.0 Å². The maximum Gasteiger partial charge on any atom is 0.422 e. The second-order valence-electron chi connectivity index (χ2n) is 6.94. The molecule has 2 N–H and O–H groups in total. The summed E-state index contributed by atoms with van der Waals surface area (Å²) >= 11 is 0. The third kappa shape index (κ3) is 3.26. The molecule has 0 heterocycles. The summed E-state index contributed by atoms with van der Waals surface area (Å²) in [6.07, 6.45) is 5.78. The first kappa shape index (κ1) is 15.6. The Morgan fingerprint density at radius 1 is 1.30 bits per heavy atom. The van der Waals surface area contributed by atoms with Crippen molar-refractivity contribution in [2.45, 2.75) is 77.5 Å². The second-order valence-corrected chi connectivity index (χ2v) is 6.94. The van der Waals surface area contributed by atoms with Crippen LogP contribution in [0.2, 0.25) is 0 Å². The summed E-state index contributed by atoms with van der Waals surface area (Å²) in [7, 11) is 0. The maximum absolute atomic E-state index is 11.7. The highest BCUT2D eigenvalue weighted by Crippen LogP contribution is 2.54. The number of rotatable bonds is 4. The molecule has 1 spiro atoms. The number of hydrazine groups is 1. The van der Waals surface area contributed by atoms with E-state index in [9.17, 15) is 4.79 Å². The van der Waals surface area contributed by atoms with Crippen LogP contribution in [0.25, 0.3) is 0 Å². The third-order valence-electron chi connectivity index (χ3n) is 4.43. The van der Waals surface area contributed by atoms with Crippen LogP contribution in [-0.4, -0.2) is 30.4 Å². The van der Waals surface area contributed by atoms with Crippen molar-refractivity contribution in [2.75, 3.05) is 6.61 Å². The summed E-state index contributed by atoms with van der Waals surface area (Å²) in [6, 6.07) is 0.300. The van der Waals surface area contributed by atoms with Crippen LogP contribution in [-0.2, 0) is 9.47 Å². The Morgan fingerprint density at radius 2 is 1.95 bits per heavy atom. The van der Waals surface area contributed by atoms with Gasteiger partial charge < -0.3 is 9.47 Å². The molecule has 2 atom stereocenters. The lowest BCUT2D eigenvalue weighted by Crippen LogP contribution is -2.66. The zero-order chi connectivity index (χ0) is 14.8. The zero-order valence-corrected chi connectivity index (χ0v) is 13.1. The number of carbonyl (C=O) groups excluding carboxylic acids is 1. The first-order chi connectivity index (χ1) is 9.37. The first-order valence-corrected chi connectivity index (χ1v) is 7.73. The average molecular weight is 284 g/mol. The molecular formula is C15H28N2O3. The number of nitrogens with one attached hydrogen (secondary N) is 2. The highest BCUT2D eigenvalue weighted by atomic mass is 16.6. The van der Waals surface area contributed by atoms with Crippen LogP contribution >= 0.6 is 0 Å². The van der Waals surface area contributed by atoms with E-state index >= 15 is 0 Å². The Hall–Kier alpha value is -0.810. The van der Waals surface area contributed by atoms with E-state index in [4.69, 9.17) is 9.47 Å². The third-order valence-corrected chi connectivity index (χ3v) is 4.43. The van der Waals surface area contributed by atoms with Gasteiger partial charge in [0, 0.05) is 18.1 Å². The summed E-state index contributed by atoms with van der Waals surface area (Å²) in [6.45, 7) is 8.39. The number of amides is 1. The number of hydrogen-bond acceptors (Lipinski definition) is 4. The molecule has 0 aliphatic heterocycles. The van der Waals surface area contributed by atoms with Gasteiger partial charge >= 0.3 is 6.09 Å². The van der Waals surface area contributed by atoms with E-state index in [1.807, 2.05) is 27.7 Å². The minimum Gasteiger partial charge on any atom is -0.443 e. The van der Waals surface area contributed by atoms with Crippen molar-refractivity contribution in [2.24, 2.45) is 5.41 Å². The lowest BCUT2D eigenvalue weighted by atomic mass is 9.61.